The van der Waals surface area contributed by atoms with E-state index in [-0.39, 0.29) is 17.0 Å². The molecule has 0 radical (unpaired) electrons. The monoisotopic (exact) mass is 461 g/mol. The molecule has 176 valence electrons. The van der Waals surface area contributed by atoms with Crippen LogP contribution < -0.4 is 4.90 Å². The number of hydrogen-bond donors (Lipinski definition) is 1. The Morgan fingerprint density at radius 1 is 1.21 bits per heavy atom. The zero-order valence-corrected chi connectivity index (χ0v) is 19.5. The van der Waals surface area contributed by atoms with E-state index in [0.717, 1.165) is 37.9 Å². The van der Waals surface area contributed by atoms with Crippen LogP contribution in [0.4, 0.5) is 10.1 Å². The van der Waals surface area contributed by atoms with E-state index in [4.69, 9.17) is 5.10 Å². The van der Waals surface area contributed by atoms with Crippen LogP contribution in [-0.4, -0.2) is 54.1 Å². The Balaban J connectivity index is 1.23. The number of pyridine rings is 1. The first-order chi connectivity index (χ1) is 16.4. The second kappa shape index (κ2) is 6.58. The molecule has 3 fully saturated rings. The Morgan fingerprint density at radius 3 is 2.74 bits per heavy atom. The van der Waals surface area contributed by atoms with E-state index < -0.39 is 5.82 Å². The van der Waals surface area contributed by atoms with Gasteiger partial charge in [0.25, 0.3) is 0 Å². The Kier molecular flexibility index (Phi) is 3.95. The summed E-state index contributed by atoms with van der Waals surface area (Å²) >= 11 is 0. The molecule has 3 saturated carbocycles. The number of rotatable bonds is 3. The van der Waals surface area contributed by atoms with Crippen LogP contribution in [0.3, 0.4) is 0 Å². The molecule has 8 nitrogen and oxygen atoms in total. The maximum atomic E-state index is 14.7. The summed E-state index contributed by atoms with van der Waals surface area (Å²) in [5.41, 5.74) is 5.61. The van der Waals surface area contributed by atoms with Crippen molar-refractivity contribution in [3.05, 3.63) is 46.8 Å². The maximum Gasteiger partial charge on any atom is 0.171 e. The van der Waals surface area contributed by atoms with Gasteiger partial charge in [0.05, 0.1) is 35.9 Å². The Labute approximate surface area is 197 Å². The number of anilines is 1. The van der Waals surface area contributed by atoms with Gasteiger partial charge < -0.3 is 10.0 Å². The molecule has 5 heterocycles. The molecule has 1 N–H and O–H groups in total. The molecule has 2 atom stereocenters. The summed E-state index contributed by atoms with van der Waals surface area (Å²) in [5, 5.41) is 28.3. The molecule has 0 unspecified atom stereocenters. The fourth-order valence-electron chi connectivity index (χ4n) is 7.43. The maximum absolute atomic E-state index is 14.7. The van der Waals surface area contributed by atoms with Crippen LogP contribution in [0.25, 0.3) is 5.52 Å². The number of fused-ring (bicyclic) bond motifs is 4. The quantitative estimate of drug-likeness (QED) is 0.646. The molecule has 2 aliphatic heterocycles. The summed E-state index contributed by atoms with van der Waals surface area (Å²) in [7, 11) is 0. The second-order valence-electron chi connectivity index (χ2n) is 11.1. The van der Waals surface area contributed by atoms with E-state index in [1.807, 2.05) is 6.07 Å². The molecule has 9 heteroatoms. The summed E-state index contributed by atoms with van der Waals surface area (Å²) < 4.78 is 18.3. The normalized spacial score (nSPS) is 32.0. The predicted molar refractivity (Wildman–Crippen MR) is 123 cm³/mol. The van der Waals surface area contributed by atoms with Crippen molar-refractivity contribution in [1.29, 1.82) is 5.26 Å². The van der Waals surface area contributed by atoms with Gasteiger partial charge in [-0.15, -0.1) is 0 Å². The van der Waals surface area contributed by atoms with Crippen LogP contribution in [0.5, 0.6) is 0 Å². The van der Waals surface area contributed by atoms with Crippen molar-refractivity contribution in [1.82, 2.24) is 24.3 Å². The third kappa shape index (κ3) is 2.48. The third-order valence-electron chi connectivity index (χ3n) is 8.90. The van der Waals surface area contributed by atoms with Gasteiger partial charge in [-0.25, -0.2) is 8.91 Å². The van der Waals surface area contributed by atoms with Gasteiger partial charge in [-0.3, -0.25) is 9.58 Å². The van der Waals surface area contributed by atoms with Crippen LogP contribution >= 0.6 is 0 Å². The van der Waals surface area contributed by atoms with Gasteiger partial charge >= 0.3 is 0 Å². The highest BCUT2D eigenvalue weighted by Gasteiger charge is 2.70. The lowest BCUT2D eigenvalue weighted by molar-refractivity contribution is -0.249. The van der Waals surface area contributed by atoms with Crippen molar-refractivity contribution in [2.24, 2.45) is 5.41 Å². The van der Waals surface area contributed by atoms with Crippen LogP contribution in [0.1, 0.15) is 61.8 Å². The van der Waals surface area contributed by atoms with Crippen molar-refractivity contribution in [2.45, 2.75) is 70.2 Å². The highest BCUT2D eigenvalue weighted by atomic mass is 19.1. The lowest BCUT2D eigenvalue weighted by Crippen LogP contribution is -2.77. The minimum atomic E-state index is -0.413. The average Bonchev–Trinajstić information content (AvgIpc) is 3.33. The smallest absolute Gasteiger partial charge is 0.171 e. The standard InChI is InChI=1S/C25H28FN7O/c1-15-5-18-20(9-31(15)25-11-24(12-25,13-25)14-34)29-32-16(2)8-30(10-22(18)32)21-4-3-17(6-27)33-23(21)19(26)7-28-33/h3-4,7,15-16,34H,5,8-14H2,1-2H3/t15-,16+,24?,25?/m0/s1. The molecular formula is C25H28FN7O. The SMILES string of the molecule is C[C@@H]1CN(c2ccc(C#N)n3ncc(F)c23)Cc2c3c(nn21)CN(C12CC(CO)(C1)C2)[C@@H](C)C3. The number of nitrogens with zero attached hydrogens (tertiary/aromatic N) is 7. The first-order valence-corrected chi connectivity index (χ1v) is 12.1. The van der Waals surface area contributed by atoms with E-state index in [1.54, 1.807) is 6.07 Å². The van der Waals surface area contributed by atoms with Crippen LogP contribution in [-0.2, 0) is 19.5 Å². The molecule has 2 bridgehead atoms. The molecule has 3 aromatic rings. The number of halogens is 1. The number of nitriles is 1. The van der Waals surface area contributed by atoms with Gasteiger partial charge in [-0.1, -0.05) is 0 Å². The Bertz CT molecular complexity index is 1360. The molecule has 8 rings (SSSR count). The molecule has 34 heavy (non-hydrogen) atoms. The van der Waals surface area contributed by atoms with E-state index in [0.29, 0.717) is 36.9 Å². The molecule has 0 amide bonds. The zero-order chi connectivity index (χ0) is 23.4. The van der Waals surface area contributed by atoms with E-state index >= 15 is 0 Å². The van der Waals surface area contributed by atoms with E-state index in [9.17, 15) is 14.8 Å². The largest absolute Gasteiger partial charge is 0.396 e. The predicted octanol–water partition coefficient (Wildman–Crippen LogP) is 2.78. The van der Waals surface area contributed by atoms with Crippen molar-refractivity contribution < 1.29 is 9.50 Å². The second-order valence-corrected chi connectivity index (χ2v) is 11.1. The summed E-state index contributed by atoms with van der Waals surface area (Å²) in [4.78, 5) is 4.84. The first kappa shape index (κ1) is 20.4. The number of aliphatic hydroxyl groups is 1. The molecule has 0 spiro atoms. The average molecular weight is 462 g/mol. The number of hydrogen-bond acceptors (Lipinski definition) is 6. The lowest BCUT2D eigenvalue weighted by Gasteiger charge is -2.74. The Morgan fingerprint density at radius 2 is 2.00 bits per heavy atom. The van der Waals surface area contributed by atoms with Crippen molar-refractivity contribution in [3.8, 4) is 6.07 Å². The fourth-order valence-corrected chi connectivity index (χ4v) is 7.43. The molecule has 3 aromatic heterocycles. The minimum absolute atomic E-state index is 0.146. The number of aliphatic hydroxyl groups excluding tert-OH is 1. The van der Waals surface area contributed by atoms with Gasteiger partial charge in [-0.2, -0.15) is 15.5 Å². The lowest BCUT2D eigenvalue weighted by atomic mass is 9.39. The number of aromatic nitrogens is 4. The first-order valence-electron chi connectivity index (χ1n) is 12.1. The van der Waals surface area contributed by atoms with E-state index in [1.165, 1.54) is 27.7 Å². The highest BCUT2D eigenvalue weighted by molar-refractivity contribution is 5.75. The van der Waals surface area contributed by atoms with Gasteiger partial charge in [0.1, 0.15) is 17.3 Å². The topological polar surface area (TPSA) is 85.6 Å². The van der Waals surface area contributed by atoms with Gasteiger partial charge in [0, 0.05) is 36.8 Å². The molecule has 0 saturated heterocycles. The highest BCUT2D eigenvalue weighted by Crippen LogP contribution is 2.70. The molecule has 5 aliphatic rings. The van der Waals surface area contributed by atoms with Gasteiger partial charge in [-0.05, 0) is 57.1 Å². The van der Waals surface area contributed by atoms with Gasteiger partial charge in [0.15, 0.2) is 5.82 Å². The minimum Gasteiger partial charge on any atom is -0.396 e. The summed E-state index contributed by atoms with van der Waals surface area (Å²) in [6.45, 7) is 7.02. The van der Waals surface area contributed by atoms with Crippen LogP contribution in [0.15, 0.2) is 18.3 Å². The molecule has 0 aromatic carbocycles. The zero-order valence-electron chi connectivity index (χ0n) is 19.5. The van der Waals surface area contributed by atoms with Crippen molar-refractivity contribution in [3.63, 3.8) is 0 Å². The summed E-state index contributed by atoms with van der Waals surface area (Å²) in [6.07, 6.45) is 5.47. The van der Waals surface area contributed by atoms with Crippen LogP contribution in [0, 0.1) is 22.6 Å². The van der Waals surface area contributed by atoms with Crippen molar-refractivity contribution >= 4 is 11.2 Å². The van der Waals surface area contributed by atoms with Crippen LogP contribution in [0.2, 0.25) is 0 Å². The Hall–Kier alpha value is -2.96. The van der Waals surface area contributed by atoms with Gasteiger partial charge in [0.2, 0.25) is 0 Å². The molecule has 3 aliphatic carbocycles. The van der Waals surface area contributed by atoms with Crippen molar-refractivity contribution in [2.75, 3.05) is 18.1 Å². The fraction of sp³-hybridized carbons (Fsp3) is 0.560. The molecular weight excluding hydrogens is 433 g/mol. The third-order valence-corrected chi connectivity index (χ3v) is 8.90. The summed E-state index contributed by atoms with van der Waals surface area (Å²) in [6, 6.07) is 6.22. The van der Waals surface area contributed by atoms with E-state index in [2.05, 4.69) is 39.5 Å². The summed E-state index contributed by atoms with van der Waals surface area (Å²) in [5.74, 6) is -0.413.